The van der Waals surface area contributed by atoms with Crippen LogP contribution in [0.1, 0.15) is 11.1 Å². The van der Waals surface area contributed by atoms with Crippen LogP contribution >= 0.6 is 0 Å². The second-order valence-electron chi connectivity index (χ2n) is 4.97. The quantitative estimate of drug-likeness (QED) is 0.753. The van der Waals surface area contributed by atoms with Gasteiger partial charge in [-0.15, -0.1) is 0 Å². The van der Waals surface area contributed by atoms with Gasteiger partial charge < -0.3 is 10.6 Å². The Hall–Kier alpha value is -2.95. The van der Waals surface area contributed by atoms with E-state index in [1.165, 1.54) is 5.56 Å². The zero-order valence-electron chi connectivity index (χ0n) is 12.3. The summed E-state index contributed by atoms with van der Waals surface area (Å²) < 4.78 is 0. The first-order valence-electron chi connectivity index (χ1n) is 7.09. The number of anilines is 3. The minimum atomic E-state index is 0.573. The molecule has 0 aliphatic rings. The third-order valence-corrected chi connectivity index (χ3v) is 3.19. The van der Waals surface area contributed by atoms with Gasteiger partial charge in [-0.2, -0.15) is 4.98 Å². The Morgan fingerprint density at radius 1 is 0.909 bits per heavy atom. The summed E-state index contributed by atoms with van der Waals surface area (Å²) in [6.07, 6.45) is 5.29. The zero-order chi connectivity index (χ0) is 15.2. The van der Waals surface area contributed by atoms with Crippen LogP contribution < -0.4 is 10.6 Å². The van der Waals surface area contributed by atoms with Crippen LogP contribution in [0.3, 0.4) is 0 Å². The van der Waals surface area contributed by atoms with Crippen molar-refractivity contribution in [1.82, 2.24) is 15.0 Å². The van der Waals surface area contributed by atoms with Crippen molar-refractivity contribution in [2.24, 2.45) is 0 Å². The van der Waals surface area contributed by atoms with E-state index < -0.39 is 0 Å². The summed E-state index contributed by atoms with van der Waals surface area (Å²) in [7, 11) is 0. The molecule has 0 saturated carbocycles. The highest BCUT2D eigenvalue weighted by atomic mass is 15.1. The van der Waals surface area contributed by atoms with Crippen molar-refractivity contribution in [1.29, 1.82) is 0 Å². The second-order valence-corrected chi connectivity index (χ2v) is 4.97. The third-order valence-electron chi connectivity index (χ3n) is 3.19. The van der Waals surface area contributed by atoms with Crippen molar-refractivity contribution < 1.29 is 0 Å². The standard InChI is InChI=1S/C17H17N5/c1-13-2-4-15(5-3-13)21-17-19-11-8-16(22-17)20-12-14-6-9-18-10-7-14/h2-11H,12H2,1H3,(H2,19,20,21,22). The fourth-order valence-electron chi connectivity index (χ4n) is 1.98. The van der Waals surface area contributed by atoms with E-state index in [1.807, 2.05) is 42.5 Å². The highest BCUT2D eigenvalue weighted by Crippen LogP contribution is 2.15. The molecular formula is C17H17N5. The Labute approximate surface area is 129 Å². The number of hydrogen-bond acceptors (Lipinski definition) is 5. The molecule has 2 heterocycles. The predicted molar refractivity (Wildman–Crippen MR) is 88.1 cm³/mol. The molecule has 0 amide bonds. The molecule has 0 aliphatic heterocycles. The number of rotatable bonds is 5. The van der Waals surface area contributed by atoms with Crippen molar-refractivity contribution in [2.75, 3.05) is 10.6 Å². The lowest BCUT2D eigenvalue weighted by Gasteiger charge is -2.08. The largest absolute Gasteiger partial charge is 0.366 e. The van der Waals surface area contributed by atoms with Crippen molar-refractivity contribution in [3.8, 4) is 0 Å². The minimum Gasteiger partial charge on any atom is -0.366 e. The molecule has 0 atom stereocenters. The van der Waals surface area contributed by atoms with Crippen LogP contribution in [0.5, 0.6) is 0 Å². The monoisotopic (exact) mass is 291 g/mol. The summed E-state index contributed by atoms with van der Waals surface area (Å²) in [6, 6.07) is 13.9. The van der Waals surface area contributed by atoms with E-state index in [0.29, 0.717) is 12.5 Å². The number of nitrogens with one attached hydrogen (secondary N) is 2. The van der Waals surface area contributed by atoms with Gasteiger partial charge in [-0.25, -0.2) is 4.98 Å². The molecule has 22 heavy (non-hydrogen) atoms. The molecule has 0 spiro atoms. The van der Waals surface area contributed by atoms with E-state index >= 15 is 0 Å². The molecule has 0 aliphatic carbocycles. The summed E-state index contributed by atoms with van der Waals surface area (Å²) in [5.74, 6) is 1.35. The molecule has 3 aromatic rings. The Morgan fingerprint density at radius 3 is 2.45 bits per heavy atom. The Bertz CT molecular complexity index is 726. The molecule has 5 nitrogen and oxygen atoms in total. The topological polar surface area (TPSA) is 62.7 Å². The van der Waals surface area contributed by atoms with E-state index in [0.717, 1.165) is 17.1 Å². The van der Waals surface area contributed by atoms with Crippen LogP contribution in [0.2, 0.25) is 0 Å². The summed E-state index contributed by atoms with van der Waals surface area (Å²) in [6.45, 7) is 2.76. The van der Waals surface area contributed by atoms with Gasteiger partial charge in [-0.1, -0.05) is 17.7 Å². The molecule has 110 valence electrons. The summed E-state index contributed by atoms with van der Waals surface area (Å²) in [5.41, 5.74) is 3.35. The molecule has 1 aromatic carbocycles. The van der Waals surface area contributed by atoms with Crippen LogP contribution in [-0.2, 0) is 6.54 Å². The fourth-order valence-corrected chi connectivity index (χ4v) is 1.98. The Balaban J connectivity index is 1.66. The molecule has 0 radical (unpaired) electrons. The maximum absolute atomic E-state index is 4.46. The molecule has 0 bridgehead atoms. The molecule has 0 unspecified atom stereocenters. The Kier molecular flexibility index (Phi) is 4.25. The van der Waals surface area contributed by atoms with Gasteiger partial charge in [0.05, 0.1) is 0 Å². The van der Waals surface area contributed by atoms with Crippen molar-refractivity contribution in [3.63, 3.8) is 0 Å². The van der Waals surface area contributed by atoms with E-state index in [9.17, 15) is 0 Å². The van der Waals surface area contributed by atoms with Crippen molar-refractivity contribution in [2.45, 2.75) is 13.5 Å². The number of pyridine rings is 1. The van der Waals surface area contributed by atoms with Gasteiger partial charge in [0.2, 0.25) is 5.95 Å². The first-order valence-corrected chi connectivity index (χ1v) is 7.09. The maximum atomic E-state index is 4.46. The van der Waals surface area contributed by atoms with Gasteiger partial charge in [-0.05, 0) is 42.8 Å². The van der Waals surface area contributed by atoms with Gasteiger partial charge in [0.15, 0.2) is 0 Å². The highest BCUT2D eigenvalue weighted by Gasteiger charge is 2.00. The van der Waals surface area contributed by atoms with Gasteiger partial charge in [0, 0.05) is 30.8 Å². The summed E-state index contributed by atoms with van der Waals surface area (Å²) in [4.78, 5) is 12.7. The number of aromatic nitrogens is 3. The van der Waals surface area contributed by atoms with E-state index in [4.69, 9.17) is 0 Å². The first kappa shape index (κ1) is 14.0. The van der Waals surface area contributed by atoms with Gasteiger partial charge in [-0.3, -0.25) is 4.98 Å². The average molecular weight is 291 g/mol. The molecule has 2 N–H and O–H groups in total. The van der Waals surface area contributed by atoms with Crippen molar-refractivity contribution in [3.05, 3.63) is 72.2 Å². The van der Waals surface area contributed by atoms with Crippen LogP contribution in [0.25, 0.3) is 0 Å². The normalized spacial score (nSPS) is 10.2. The molecule has 0 fully saturated rings. The van der Waals surface area contributed by atoms with Gasteiger partial charge >= 0.3 is 0 Å². The SMILES string of the molecule is Cc1ccc(Nc2nccc(NCc3ccncc3)n2)cc1. The van der Waals surface area contributed by atoms with Crippen LogP contribution in [0.4, 0.5) is 17.5 Å². The molecule has 5 heteroatoms. The lowest BCUT2D eigenvalue weighted by molar-refractivity contribution is 1.07. The average Bonchev–Trinajstić information content (AvgIpc) is 2.57. The van der Waals surface area contributed by atoms with Gasteiger partial charge in [0.25, 0.3) is 0 Å². The maximum Gasteiger partial charge on any atom is 0.229 e. The molecular weight excluding hydrogens is 274 g/mol. The predicted octanol–water partition coefficient (Wildman–Crippen LogP) is 3.54. The summed E-state index contributed by atoms with van der Waals surface area (Å²) >= 11 is 0. The van der Waals surface area contributed by atoms with Crippen LogP contribution in [0.15, 0.2) is 61.1 Å². The van der Waals surface area contributed by atoms with E-state index in [-0.39, 0.29) is 0 Å². The first-order chi connectivity index (χ1) is 10.8. The zero-order valence-corrected chi connectivity index (χ0v) is 12.3. The fraction of sp³-hybridized carbons (Fsp3) is 0.118. The van der Waals surface area contributed by atoms with E-state index in [1.54, 1.807) is 18.6 Å². The number of benzene rings is 1. The lowest BCUT2D eigenvalue weighted by atomic mass is 10.2. The second kappa shape index (κ2) is 6.67. The van der Waals surface area contributed by atoms with Crippen LogP contribution in [0, 0.1) is 6.92 Å². The molecule has 0 saturated heterocycles. The number of hydrogen-bond donors (Lipinski definition) is 2. The Morgan fingerprint density at radius 2 is 1.68 bits per heavy atom. The van der Waals surface area contributed by atoms with Crippen LogP contribution in [-0.4, -0.2) is 15.0 Å². The number of nitrogens with zero attached hydrogens (tertiary/aromatic N) is 3. The minimum absolute atomic E-state index is 0.573. The highest BCUT2D eigenvalue weighted by molar-refractivity contribution is 5.55. The van der Waals surface area contributed by atoms with Gasteiger partial charge in [0.1, 0.15) is 5.82 Å². The molecule has 3 rings (SSSR count). The third kappa shape index (κ3) is 3.79. The van der Waals surface area contributed by atoms with Crippen molar-refractivity contribution >= 4 is 17.5 Å². The lowest BCUT2D eigenvalue weighted by Crippen LogP contribution is -2.04. The molecule has 2 aromatic heterocycles. The smallest absolute Gasteiger partial charge is 0.229 e. The number of aryl methyl sites for hydroxylation is 1. The van der Waals surface area contributed by atoms with E-state index in [2.05, 4.69) is 32.5 Å². The summed E-state index contributed by atoms with van der Waals surface area (Å²) in [5, 5.41) is 6.47.